The highest BCUT2D eigenvalue weighted by Crippen LogP contribution is 2.19. The van der Waals surface area contributed by atoms with E-state index in [4.69, 9.17) is 4.42 Å². The van der Waals surface area contributed by atoms with Crippen LogP contribution in [0.4, 0.5) is 0 Å². The van der Waals surface area contributed by atoms with Gasteiger partial charge in [-0.3, -0.25) is 4.79 Å². The summed E-state index contributed by atoms with van der Waals surface area (Å²) in [7, 11) is 1.79. The van der Waals surface area contributed by atoms with Gasteiger partial charge in [0.2, 0.25) is 17.7 Å². The fourth-order valence-corrected chi connectivity index (χ4v) is 3.10. The standard InChI is InChI=1S/C23H23N5O2/c1-17-8-10-19(11-9-17)23-26-25-21(30-23)12-13-22(29)27(2)15-18-14-24-28(16-18)20-6-4-3-5-7-20/h3-11,14,16H,12-13,15H2,1-2H3. The number of benzene rings is 2. The lowest BCUT2D eigenvalue weighted by molar-refractivity contribution is -0.130. The molecule has 4 rings (SSSR count). The smallest absolute Gasteiger partial charge is 0.247 e. The van der Waals surface area contributed by atoms with E-state index in [0.29, 0.717) is 31.2 Å². The van der Waals surface area contributed by atoms with Crippen molar-refractivity contribution in [2.75, 3.05) is 7.05 Å². The summed E-state index contributed by atoms with van der Waals surface area (Å²) in [6.07, 6.45) is 4.43. The summed E-state index contributed by atoms with van der Waals surface area (Å²) in [5, 5.41) is 12.5. The molecule has 1 amide bonds. The molecule has 0 bridgehead atoms. The van der Waals surface area contributed by atoms with Crippen LogP contribution in [0.15, 0.2) is 71.4 Å². The Morgan fingerprint density at radius 3 is 2.60 bits per heavy atom. The van der Waals surface area contributed by atoms with Gasteiger partial charge in [0.25, 0.3) is 0 Å². The van der Waals surface area contributed by atoms with Crippen LogP contribution in [-0.2, 0) is 17.8 Å². The van der Waals surface area contributed by atoms with E-state index in [9.17, 15) is 4.79 Å². The van der Waals surface area contributed by atoms with E-state index in [2.05, 4.69) is 15.3 Å². The maximum atomic E-state index is 12.5. The average Bonchev–Trinajstić information content (AvgIpc) is 3.43. The molecule has 0 unspecified atom stereocenters. The van der Waals surface area contributed by atoms with Gasteiger partial charge in [-0.2, -0.15) is 5.10 Å². The molecule has 7 nitrogen and oxygen atoms in total. The van der Waals surface area contributed by atoms with Crippen LogP contribution in [0.2, 0.25) is 0 Å². The third-order valence-corrected chi connectivity index (χ3v) is 4.82. The summed E-state index contributed by atoms with van der Waals surface area (Å²) in [5.41, 5.74) is 3.99. The molecular weight excluding hydrogens is 378 g/mol. The van der Waals surface area contributed by atoms with E-state index < -0.39 is 0 Å². The summed E-state index contributed by atoms with van der Waals surface area (Å²) in [5.74, 6) is 0.945. The molecule has 0 aliphatic rings. The Balaban J connectivity index is 1.31. The predicted molar refractivity (Wildman–Crippen MR) is 113 cm³/mol. The molecule has 2 aromatic carbocycles. The lowest BCUT2D eigenvalue weighted by Crippen LogP contribution is -2.26. The fourth-order valence-electron chi connectivity index (χ4n) is 3.10. The second-order valence-electron chi connectivity index (χ2n) is 7.25. The van der Waals surface area contributed by atoms with Gasteiger partial charge in [0.05, 0.1) is 11.9 Å². The number of carbonyl (C=O) groups is 1. The van der Waals surface area contributed by atoms with Crippen molar-refractivity contribution in [3.8, 4) is 17.1 Å². The Hall–Kier alpha value is -3.74. The van der Waals surface area contributed by atoms with Crippen molar-refractivity contribution in [1.29, 1.82) is 0 Å². The molecule has 0 aliphatic carbocycles. The summed E-state index contributed by atoms with van der Waals surface area (Å²) >= 11 is 0. The lowest BCUT2D eigenvalue weighted by atomic mass is 10.1. The SMILES string of the molecule is Cc1ccc(-c2nnc(CCC(=O)N(C)Cc3cnn(-c4ccccc4)c3)o2)cc1. The molecular formula is C23H23N5O2. The fraction of sp³-hybridized carbons (Fsp3) is 0.217. The largest absolute Gasteiger partial charge is 0.421 e. The van der Waals surface area contributed by atoms with Crippen molar-refractivity contribution in [3.05, 3.63) is 84.0 Å². The minimum atomic E-state index is 0.0116. The Morgan fingerprint density at radius 2 is 1.83 bits per heavy atom. The van der Waals surface area contributed by atoms with Gasteiger partial charge < -0.3 is 9.32 Å². The maximum absolute atomic E-state index is 12.5. The van der Waals surface area contributed by atoms with E-state index in [1.807, 2.05) is 67.7 Å². The zero-order chi connectivity index (χ0) is 20.9. The van der Waals surface area contributed by atoms with Gasteiger partial charge in [-0.05, 0) is 31.2 Å². The molecule has 152 valence electrons. The van der Waals surface area contributed by atoms with Crippen molar-refractivity contribution < 1.29 is 9.21 Å². The topological polar surface area (TPSA) is 77.1 Å². The Labute approximate surface area is 175 Å². The normalized spacial score (nSPS) is 10.9. The Kier molecular flexibility index (Phi) is 5.70. The highest BCUT2D eigenvalue weighted by atomic mass is 16.4. The van der Waals surface area contributed by atoms with Crippen LogP contribution in [0.25, 0.3) is 17.1 Å². The van der Waals surface area contributed by atoms with Gasteiger partial charge in [0.1, 0.15) is 0 Å². The number of nitrogens with zero attached hydrogens (tertiary/aromatic N) is 5. The molecule has 0 fully saturated rings. The molecule has 2 aromatic heterocycles. The minimum Gasteiger partial charge on any atom is -0.421 e. The summed E-state index contributed by atoms with van der Waals surface area (Å²) in [4.78, 5) is 14.2. The highest BCUT2D eigenvalue weighted by molar-refractivity contribution is 5.76. The number of hydrogen-bond acceptors (Lipinski definition) is 5. The van der Waals surface area contributed by atoms with E-state index in [0.717, 1.165) is 16.8 Å². The molecule has 0 spiro atoms. The highest BCUT2D eigenvalue weighted by Gasteiger charge is 2.14. The van der Waals surface area contributed by atoms with E-state index in [1.54, 1.807) is 22.8 Å². The van der Waals surface area contributed by atoms with Crippen LogP contribution in [0.3, 0.4) is 0 Å². The van der Waals surface area contributed by atoms with Gasteiger partial charge in [0.15, 0.2) is 0 Å². The van der Waals surface area contributed by atoms with Crippen molar-refractivity contribution in [1.82, 2.24) is 24.9 Å². The molecule has 0 radical (unpaired) electrons. The minimum absolute atomic E-state index is 0.0116. The number of carbonyl (C=O) groups excluding carboxylic acids is 1. The molecule has 0 saturated heterocycles. The van der Waals surface area contributed by atoms with Crippen LogP contribution < -0.4 is 0 Å². The van der Waals surface area contributed by atoms with Gasteiger partial charge in [-0.25, -0.2) is 4.68 Å². The molecule has 0 atom stereocenters. The van der Waals surface area contributed by atoms with Crippen LogP contribution in [0.5, 0.6) is 0 Å². The maximum Gasteiger partial charge on any atom is 0.247 e. The number of aryl methyl sites for hydroxylation is 2. The monoisotopic (exact) mass is 401 g/mol. The summed E-state index contributed by atoms with van der Waals surface area (Å²) < 4.78 is 7.51. The van der Waals surface area contributed by atoms with Crippen molar-refractivity contribution in [2.45, 2.75) is 26.3 Å². The third-order valence-electron chi connectivity index (χ3n) is 4.82. The van der Waals surface area contributed by atoms with Crippen molar-refractivity contribution in [2.24, 2.45) is 0 Å². The molecule has 0 aliphatic heterocycles. The number of para-hydroxylation sites is 1. The van der Waals surface area contributed by atoms with Crippen LogP contribution >= 0.6 is 0 Å². The second-order valence-corrected chi connectivity index (χ2v) is 7.25. The Bertz CT molecular complexity index is 1120. The summed E-state index contributed by atoms with van der Waals surface area (Å²) in [6, 6.07) is 17.8. The molecule has 7 heteroatoms. The first-order chi connectivity index (χ1) is 14.6. The third kappa shape index (κ3) is 4.63. The number of amides is 1. The van der Waals surface area contributed by atoms with Crippen LogP contribution in [0, 0.1) is 6.92 Å². The number of rotatable bonds is 7. The van der Waals surface area contributed by atoms with E-state index >= 15 is 0 Å². The first-order valence-corrected chi connectivity index (χ1v) is 9.81. The summed E-state index contributed by atoms with van der Waals surface area (Å²) in [6.45, 7) is 2.52. The molecule has 0 N–H and O–H groups in total. The van der Waals surface area contributed by atoms with Crippen LogP contribution in [-0.4, -0.2) is 37.8 Å². The number of aromatic nitrogens is 4. The van der Waals surface area contributed by atoms with Crippen molar-refractivity contribution in [3.63, 3.8) is 0 Å². The zero-order valence-electron chi connectivity index (χ0n) is 17.0. The van der Waals surface area contributed by atoms with Gasteiger partial charge >= 0.3 is 0 Å². The first-order valence-electron chi connectivity index (χ1n) is 9.81. The van der Waals surface area contributed by atoms with E-state index in [-0.39, 0.29) is 5.91 Å². The van der Waals surface area contributed by atoms with Crippen molar-refractivity contribution >= 4 is 5.91 Å². The lowest BCUT2D eigenvalue weighted by Gasteiger charge is -2.15. The molecule has 4 aromatic rings. The molecule has 0 saturated carbocycles. The quantitative estimate of drug-likeness (QED) is 0.470. The van der Waals surface area contributed by atoms with Gasteiger partial charge in [-0.1, -0.05) is 35.9 Å². The Morgan fingerprint density at radius 1 is 1.07 bits per heavy atom. The average molecular weight is 401 g/mol. The van der Waals surface area contributed by atoms with Gasteiger partial charge in [0, 0.05) is 43.8 Å². The van der Waals surface area contributed by atoms with Gasteiger partial charge in [-0.15, -0.1) is 10.2 Å². The second kappa shape index (κ2) is 8.73. The van der Waals surface area contributed by atoms with E-state index in [1.165, 1.54) is 5.56 Å². The predicted octanol–water partition coefficient (Wildman–Crippen LogP) is 3.82. The molecule has 30 heavy (non-hydrogen) atoms. The zero-order valence-corrected chi connectivity index (χ0v) is 17.0. The van der Waals surface area contributed by atoms with Crippen LogP contribution in [0.1, 0.15) is 23.4 Å². The first kappa shape index (κ1) is 19.6. The molecule has 2 heterocycles. The number of hydrogen-bond donors (Lipinski definition) is 0.